The lowest BCUT2D eigenvalue weighted by atomic mass is 9.73. The monoisotopic (exact) mass is 179 g/mol. The lowest BCUT2D eigenvalue weighted by molar-refractivity contribution is -0.0228. The van der Waals surface area contributed by atoms with Gasteiger partial charge in [0.05, 0.1) is 0 Å². The summed E-state index contributed by atoms with van der Waals surface area (Å²) in [4.78, 5) is 0. The molecule has 0 amide bonds. The largest absolute Gasteiger partial charge is 0.359 e. The van der Waals surface area contributed by atoms with Crippen molar-refractivity contribution in [2.45, 2.75) is 32.8 Å². The minimum Gasteiger partial charge on any atom is -0.359 e. The van der Waals surface area contributed by atoms with E-state index in [0.29, 0.717) is 5.92 Å². The van der Waals surface area contributed by atoms with E-state index in [9.17, 15) is 5.26 Å². The van der Waals surface area contributed by atoms with Crippen LogP contribution in [0.25, 0.3) is 0 Å². The van der Waals surface area contributed by atoms with Gasteiger partial charge in [-0.3, -0.25) is 0 Å². The molecular formula is C11H17NO. The quantitative estimate of drug-likeness (QED) is 0.579. The van der Waals surface area contributed by atoms with Crippen molar-refractivity contribution in [3.05, 3.63) is 12.2 Å². The van der Waals surface area contributed by atoms with Crippen LogP contribution < -0.4 is 0 Å². The lowest BCUT2D eigenvalue weighted by Gasteiger charge is -2.37. The van der Waals surface area contributed by atoms with Crippen LogP contribution >= 0.6 is 0 Å². The third-order valence-electron chi connectivity index (χ3n) is 3.65. The molecule has 0 spiro atoms. The van der Waals surface area contributed by atoms with Gasteiger partial charge in [-0.15, -0.1) is 0 Å². The van der Waals surface area contributed by atoms with Crippen LogP contribution in [0, 0.1) is 22.7 Å². The SMILES string of the molecule is C=C1CC(C)C(C)(C)[C@]1(C#N)OC. The maximum absolute atomic E-state index is 9.20. The van der Waals surface area contributed by atoms with Gasteiger partial charge in [0, 0.05) is 12.5 Å². The average molecular weight is 179 g/mol. The summed E-state index contributed by atoms with van der Waals surface area (Å²) >= 11 is 0. The van der Waals surface area contributed by atoms with Gasteiger partial charge in [0.25, 0.3) is 0 Å². The standard InChI is InChI=1S/C11H17NO/c1-8-6-9(2)11(7-12,13-5)10(8,3)4/h8H,2,6H2,1,3-5H3/t8?,11-/m1/s1. The Hall–Kier alpha value is -0.810. The van der Waals surface area contributed by atoms with E-state index < -0.39 is 5.60 Å². The maximum Gasteiger partial charge on any atom is 0.180 e. The molecule has 0 bridgehead atoms. The number of ether oxygens (including phenoxy) is 1. The molecule has 2 atom stereocenters. The minimum absolute atomic E-state index is 0.145. The summed E-state index contributed by atoms with van der Waals surface area (Å²) in [5.74, 6) is 0.444. The Morgan fingerprint density at radius 2 is 2.15 bits per heavy atom. The molecule has 0 aliphatic heterocycles. The van der Waals surface area contributed by atoms with Crippen LogP contribution in [0.1, 0.15) is 27.2 Å². The van der Waals surface area contributed by atoms with Crippen molar-refractivity contribution in [1.82, 2.24) is 0 Å². The average Bonchev–Trinajstić information content (AvgIpc) is 2.21. The van der Waals surface area contributed by atoms with Gasteiger partial charge in [0.2, 0.25) is 0 Å². The summed E-state index contributed by atoms with van der Waals surface area (Å²) in [5.41, 5.74) is -0.0185. The summed E-state index contributed by atoms with van der Waals surface area (Å²) in [6.45, 7) is 10.2. The number of rotatable bonds is 1. The molecular weight excluding hydrogens is 162 g/mol. The molecule has 0 N–H and O–H groups in total. The van der Waals surface area contributed by atoms with Crippen LogP contribution in [0.2, 0.25) is 0 Å². The summed E-state index contributed by atoms with van der Waals surface area (Å²) < 4.78 is 5.39. The zero-order chi connectivity index (χ0) is 10.3. The zero-order valence-electron chi connectivity index (χ0n) is 8.85. The second-order valence-electron chi connectivity index (χ2n) is 4.43. The molecule has 0 heterocycles. The van der Waals surface area contributed by atoms with E-state index in [-0.39, 0.29) is 5.41 Å². The van der Waals surface area contributed by atoms with Crippen LogP contribution in [0.3, 0.4) is 0 Å². The lowest BCUT2D eigenvalue weighted by Crippen LogP contribution is -2.43. The predicted molar refractivity (Wildman–Crippen MR) is 52.1 cm³/mol. The molecule has 1 unspecified atom stereocenters. The van der Waals surface area contributed by atoms with E-state index in [1.165, 1.54) is 0 Å². The second kappa shape index (κ2) is 2.85. The molecule has 2 nitrogen and oxygen atoms in total. The highest BCUT2D eigenvalue weighted by atomic mass is 16.5. The van der Waals surface area contributed by atoms with Crippen molar-refractivity contribution in [3.8, 4) is 6.07 Å². The molecule has 1 aliphatic carbocycles. The smallest absolute Gasteiger partial charge is 0.180 e. The van der Waals surface area contributed by atoms with E-state index in [1.807, 2.05) is 0 Å². The highest BCUT2D eigenvalue weighted by Crippen LogP contribution is 2.53. The maximum atomic E-state index is 9.20. The number of nitriles is 1. The molecule has 1 fully saturated rings. The normalized spacial score (nSPS) is 37.5. The van der Waals surface area contributed by atoms with E-state index in [0.717, 1.165) is 12.0 Å². The van der Waals surface area contributed by atoms with Crippen molar-refractivity contribution >= 4 is 0 Å². The molecule has 1 aliphatic rings. The van der Waals surface area contributed by atoms with Crippen molar-refractivity contribution in [1.29, 1.82) is 5.26 Å². The predicted octanol–water partition coefficient (Wildman–Crippen LogP) is 2.52. The van der Waals surface area contributed by atoms with Crippen LogP contribution in [-0.2, 0) is 4.74 Å². The third-order valence-corrected chi connectivity index (χ3v) is 3.65. The summed E-state index contributed by atoms with van der Waals surface area (Å²) in [5, 5.41) is 9.20. The summed E-state index contributed by atoms with van der Waals surface area (Å²) in [7, 11) is 1.59. The Labute approximate surface area is 80.2 Å². The summed E-state index contributed by atoms with van der Waals surface area (Å²) in [6, 6.07) is 2.28. The fourth-order valence-electron chi connectivity index (χ4n) is 2.25. The van der Waals surface area contributed by atoms with Crippen molar-refractivity contribution < 1.29 is 4.74 Å². The number of hydrogen-bond donors (Lipinski definition) is 0. The molecule has 0 radical (unpaired) electrons. The van der Waals surface area contributed by atoms with Gasteiger partial charge < -0.3 is 4.74 Å². The topological polar surface area (TPSA) is 33.0 Å². The Morgan fingerprint density at radius 1 is 1.62 bits per heavy atom. The van der Waals surface area contributed by atoms with Gasteiger partial charge in [-0.1, -0.05) is 27.4 Å². The molecule has 1 rings (SSSR count). The molecule has 0 saturated heterocycles. The number of methoxy groups -OCH3 is 1. The van der Waals surface area contributed by atoms with E-state index in [4.69, 9.17) is 4.74 Å². The van der Waals surface area contributed by atoms with Crippen LogP contribution in [0.4, 0.5) is 0 Å². The molecule has 13 heavy (non-hydrogen) atoms. The zero-order valence-corrected chi connectivity index (χ0v) is 8.85. The van der Waals surface area contributed by atoms with Gasteiger partial charge in [0.1, 0.15) is 6.07 Å². The fourth-order valence-corrected chi connectivity index (χ4v) is 2.25. The highest BCUT2D eigenvalue weighted by Gasteiger charge is 2.56. The first kappa shape index (κ1) is 10.3. The van der Waals surface area contributed by atoms with Crippen LogP contribution in [-0.4, -0.2) is 12.7 Å². The van der Waals surface area contributed by atoms with Crippen LogP contribution in [0.5, 0.6) is 0 Å². The van der Waals surface area contributed by atoms with Gasteiger partial charge in [-0.2, -0.15) is 5.26 Å². The second-order valence-corrected chi connectivity index (χ2v) is 4.43. The first-order chi connectivity index (χ1) is 5.92. The summed E-state index contributed by atoms with van der Waals surface area (Å²) in [6.07, 6.45) is 0.883. The first-order valence-corrected chi connectivity index (χ1v) is 4.57. The molecule has 72 valence electrons. The first-order valence-electron chi connectivity index (χ1n) is 4.57. The van der Waals surface area contributed by atoms with Gasteiger partial charge in [0.15, 0.2) is 5.60 Å². The third kappa shape index (κ3) is 1.04. The van der Waals surface area contributed by atoms with Crippen molar-refractivity contribution in [3.63, 3.8) is 0 Å². The van der Waals surface area contributed by atoms with Crippen molar-refractivity contribution in [2.24, 2.45) is 11.3 Å². The van der Waals surface area contributed by atoms with Crippen molar-refractivity contribution in [2.75, 3.05) is 7.11 Å². The number of nitrogens with zero attached hydrogens (tertiary/aromatic N) is 1. The van der Waals surface area contributed by atoms with E-state index >= 15 is 0 Å². The van der Waals surface area contributed by atoms with Gasteiger partial charge >= 0.3 is 0 Å². The molecule has 2 heteroatoms. The molecule has 0 aromatic rings. The van der Waals surface area contributed by atoms with Gasteiger partial charge in [-0.25, -0.2) is 0 Å². The Balaban J connectivity index is 3.22. The minimum atomic E-state index is -0.785. The Bertz CT molecular complexity index is 274. The van der Waals surface area contributed by atoms with Crippen LogP contribution in [0.15, 0.2) is 12.2 Å². The Morgan fingerprint density at radius 3 is 2.31 bits per heavy atom. The van der Waals surface area contributed by atoms with E-state index in [2.05, 4.69) is 33.4 Å². The molecule has 0 aromatic heterocycles. The van der Waals surface area contributed by atoms with E-state index in [1.54, 1.807) is 7.11 Å². The number of hydrogen-bond acceptors (Lipinski definition) is 2. The Kier molecular flexibility index (Phi) is 2.25. The van der Waals surface area contributed by atoms with Gasteiger partial charge in [-0.05, 0) is 17.9 Å². The molecule has 0 aromatic carbocycles. The molecule has 1 saturated carbocycles. The highest BCUT2D eigenvalue weighted by molar-refractivity contribution is 5.35. The fraction of sp³-hybridized carbons (Fsp3) is 0.727.